The lowest BCUT2D eigenvalue weighted by atomic mass is 10.1. The van der Waals surface area contributed by atoms with E-state index in [4.69, 9.17) is 23.2 Å². The zero-order chi connectivity index (χ0) is 13.8. The first-order valence-electron chi connectivity index (χ1n) is 5.90. The average Bonchev–Trinajstić information content (AvgIpc) is 2.84. The van der Waals surface area contributed by atoms with E-state index in [1.807, 2.05) is 6.92 Å². The van der Waals surface area contributed by atoms with Crippen molar-refractivity contribution in [2.75, 3.05) is 0 Å². The standard InChI is InChI=1S/C13H12Cl2N2OS/c1-2-4-10-13(19-17-16-10)11(18)7-8-5-3-6-9(14)12(8)15/h3,5-6H,2,4,7H2,1H3. The third-order valence-corrected chi connectivity index (χ3v) is 4.35. The van der Waals surface area contributed by atoms with Crippen molar-refractivity contribution in [3.05, 3.63) is 44.4 Å². The van der Waals surface area contributed by atoms with Crippen LogP contribution in [0.3, 0.4) is 0 Å². The molecule has 0 saturated carbocycles. The van der Waals surface area contributed by atoms with Gasteiger partial charge in [0.05, 0.1) is 15.7 Å². The summed E-state index contributed by atoms with van der Waals surface area (Å²) >= 11 is 13.2. The van der Waals surface area contributed by atoms with E-state index in [0.717, 1.165) is 35.6 Å². The van der Waals surface area contributed by atoms with E-state index in [2.05, 4.69) is 9.59 Å². The molecular weight excluding hydrogens is 303 g/mol. The number of carbonyl (C=O) groups is 1. The highest BCUT2D eigenvalue weighted by atomic mass is 35.5. The highest BCUT2D eigenvalue weighted by molar-refractivity contribution is 7.08. The van der Waals surface area contributed by atoms with Crippen LogP contribution in [0.25, 0.3) is 0 Å². The largest absolute Gasteiger partial charge is 0.293 e. The fraction of sp³-hybridized carbons (Fsp3) is 0.308. The smallest absolute Gasteiger partial charge is 0.180 e. The molecule has 0 aliphatic heterocycles. The van der Waals surface area contributed by atoms with Crippen LogP contribution in [0, 0.1) is 0 Å². The van der Waals surface area contributed by atoms with E-state index in [9.17, 15) is 4.79 Å². The predicted octanol–water partition coefficient (Wildman–Crippen LogP) is 4.22. The summed E-state index contributed by atoms with van der Waals surface area (Å²) in [7, 11) is 0. The quantitative estimate of drug-likeness (QED) is 0.776. The van der Waals surface area contributed by atoms with E-state index in [-0.39, 0.29) is 12.2 Å². The second kappa shape index (κ2) is 6.46. The molecule has 1 heterocycles. The SMILES string of the molecule is CCCc1nnsc1C(=O)Cc1cccc(Cl)c1Cl. The Hall–Kier alpha value is -0.970. The molecule has 3 nitrogen and oxygen atoms in total. The predicted molar refractivity (Wildman–Crippen MR) is 78.4 cm³/mol. The second-order valence-corrected chi connectivity index (χ2v) is 5.65. The molecule has 2 rings (SSSR count). The summed E-state index contributed by atoms with van der Waals surface area (Å²) in [6.07, 6.45) is 1.92. The molecule has 0 atom stereocenters. The lowest BCUT2D eigenvalue weighted by Crippen LogP contribution is -2.05. The Morgan fingerprint density at radius 2 is 2.16 bits per heavy atom. The third kappa shape index (κ3) is 3.32. The molecule has 0 aliphatic rings. The molecule has 0 unspecified atom stereocenters. The normalized spacial score (nSPS) is 10.7. The summed E-state index contributed by atoms with van der Waals surface area (Å²) in [6, 6.07) is 5.30. The first-order valence-corrected chi connectivity index (χ1v) is 7.43. The van der Waals surface area contributed by atoms with Gasteiger partial charge < -0.3 is 0 Å². The van der Waals surface area contributed by atoms with Crippen molar-refractivity contribution in [3.8, 4) is 0 Å². The monoisotopic (exact) mass is 314 g/mol. The van der Waals surface area contributed by atoms with Crippen molar-refractivity contribution in [2.24, 2.45) is 0 Å². The highest BCUT2D eigenvalue weighted by Crippen LogP contribution is 2.27. The van der Waals surface area contributed by atoms with Crippen molar-refractivity contribution >= 4 is 40.5 Å². The lowest BCUT2D eigenvalue weighted by Gasteiger charge is -2.04. The number of ketones is 1. The van der Waals surface area contributed by atoms with Crippen LogP contribution in [0.2, 0.25) is 10.0 Å². The summed E-state index contributed by atoms with van der Waals surface area (Å²) in [5.41, 5.74) is 1.51. The summed E-state index contributed by atoms with van der Waals surface area (Å²) in [5, 5.41) is 4.90. The zero-order valence-electron chi connectivity index (χ0n) is 10.3. The summed E-state index contributed by atoms with van der Waals surface area (Å²) in [4.78, 5) is 12.9. The van der Waals surface area contributed by atoms with Gasteiger partial charge in [-0.2, -0.15) is 0 Å². The van der Waals surface area contributed by atoms with Crippen LogP contribution in [-0.2, 0) is 12.8 Å². The molecule has 2 aromatic rings. The van der Waals surface area contributed by atoms with Gasteiger partial charge >= 0.3 is 0 Å². The minimum absolute atomic E-state index is 0.0115. The van der Waals surface area contributed by atoms with Crippen LogP contribution >= 0.6 is 34.7 Å². The second-order valence-electron chi connectivity index (χ2n) is 4.11. The molecule has 0 aliphatic carbocycles. The number of hydrogen-bond donors (Lipinski definition) is 0. The average molecular weight is 315 g/mol. The molecule has 0 N–H and O–H groups in total. The Labute approximate surface area is 125 Å². The fourth-order valence-corrected chi connectivity index (χ4v) is 2.79. The molecule has 1 aromatic carbocycles. The number of aryl methyl sites for hydroxylation is 1. The Morgan fingerprint density at radius 1 is 1.37 bits per heavy atom. The molecule has 0 bridgehead atoms. The molecule has 1 aromatic heterocycles. The molecule has 0 radical (unpaired) electrons. The number of Topliss-reactive ketones (excluding diaryl/α,β-unsaturated/α-hetero) is 1. The topological polar surface area (TPSA) is 42.9 Å². The molecule has 6 heteroatoms. The van der Waals surface area contributed by atoms with Gasteiger partial charge in [-0.3, -0.25) is 4.79 Å². The Bertz CT molecular complexity index is 598. The van der Waals surface area contributed by atoms with Gasteiger partial charge in [0.15, 0.2) is 5.78 Å². The number of halogens is 2. The molecule has 0 spiro atoms. The van der Waals surface area contributed by atoms with Crippen LogP contribution in [-0.4, -0.2) is 15.4 Å². The van der Waals surface area contributed by atoms with Gasteiger partial charge in [-0.1, -0.05) is 53.2 Å². The number of carbonyl (C=O) groups excluding carboxylic acids is 1. The first-order chi connectivity index (χ1) is 9.13. The number of nitrogens with zero attached hydrogens (tertiary/aromatic N) is 2. The lowest BCUT2D eigenvalue weighted by molar-refractivity contribution is 0.0996. The third-order valence-electron chi connectivity index (χ3n) is 2.68. The van der Waals surface area contributed by atoms with Gasteiger partial charge in [0.2, 0.25) is 0 Å². The Kier molecular flexibility index (Phi) is 4.91. The van der Waals surface area contributed by atoms with Gasteiger partial charge in [0, 0.05) is 6.42 Å². The molecule has 0 fully saturated rings. The highest BCUT2D eigenvalue weighted by Gasteiger charge is 2.17. The number of rotatable bonds is 5. The first kappa shape index (κ1) is 14.4. The number of benzene rings is 1. The van der Waals surface area contributed by atoms with Crippen LogP contribution in [0.1, 0.15) is 34.3 Å². The number of aromatic nitrogens is 2. The maximum Gasteiger partial charge on any atom is 0.180 e. The summed E-state index contributed by atoms with van der Waals surface area (Å²) in [6.45, 7) is 2.04. The van der Waals surface area contributed by atoms with Crippen molar-refractivity contribution in [3.63, 3.8) is 0 Å². The molecule has 100 valence electrons. The molecule has 19 heavy (non-hydrogen) atoms. The van der Waals surface area contributed by atoms with Crippen molar-refractivity contribution in [1.82, 2.24) is 9.59 Å². The zero-order valence-corrected chi connectivity index (χ0v) is 12.6. The molecule has 0 saturated heterocycles. The fourth-order valence-electron chi connectivity index (χ4n) is 1.76. The van der Waals surface area contributed by atoms with E-state index in [1.165, 1.54) is 0 Å². The van der Waals surface area contributed by atoms with Gasteiger partial charge in [-0.25, -0.2) is 0 Å². The maximum absolute atomic E-state index is 12.3. The Balaban J connectivity index is 2.21. The van der Waals surface area contributed by atoms with E-state index in [1.54, 1.807) is 18.2 Å². The van der Waals surface area contributed by atoms with Crippen molar-refractivity contribution in [2.45, 2.75) is 26.2 Å². The summed E-state index contributed by atoms with van der Waals surface area (Å²) in [5.74, 6) is -0.0115. The van der Waals surface area contributed by atoms with Gasteiger partial charge in [-0.05, 0) is 29.6 Å². The van der Waals surface area contributed by atoms with E-state index in [0.29, 0.717) is 14.9 Å². The maximum atomic E-state index is 12.3. The van der Waals surface area contributed by atoms with Crippen molar-refractivity contribution < 1.29 is 4.79 Å². The minimum atomic E-state index is -0.0115. The van der Waals surface area contributed by atoms with E-state index >= 15 is 0 Å². The van der Waals surface area contributed by atoms with Crippen molar-refractivity contribution in [1.29, 1.82) is 0 Å². The summed E-state index contributed by atoms with van der Waals surface area (Å²) < 4.78 is 3.86. The van der Waals surface area contributed by atoms with Crippen LogP contribution in [0.15, 0.2) is 18.2 Å². The molecular formula is C13H12Cl2N2OS. The van der Waals surface area contributed by atoms with Gasteiger partial charge in [-0.15, -0.1) is 5.10 Å². The Morgan fingerprint density at radius 3 is 2.89 bits per heavy atom. The molecule has 0 amide bonds. The van der Waals surface area contributed by atoms with Crippen LogP contribution in [0.4, 0.5) is 0 Å². The van der Waals surface area contributed by atoms with Gasteiger partial charge in [0.1, 0.15) is 4.88 Å². The minimum Gasteiger partial charge on any atom is -0.293 e. The number of hydrogen-bond acceptors (Lipinski definition) is 4. The van der Waals surface area contributed by atoms with Gasteiger partial charge in [0.25, 0.3) is 0 Å². The van der Waals surface area contributed by atoms with Crippen LogP contribution < -0.4 is 0 Å². The van der Waals surface area contributed by atoms with E-state index < -0.39 is 0 Å². The van der Waals surface area contributed by atoms with Crippen LogP contribution in [0.5, 0.6) is 0 Å².